The smallest absolute Gasteiger partial charge is 0.131 e. The Balaban J connectivity index is 1.42. The molecule has 0 unspecified atom stereocenters. The summed E-state index contributed by atoms with van der Waals surface area (Å²) in [5.41, 5.74) is 1.50. The van der Waals surface area contributed by atoms with Crippen molar-refractivity contribution in [3.63, 3.8) is 0 Å². The Morgan fingerprint density at radius 3 is 2.71 bits per heavy atom. The zero-order valence-corrected chi connectivity index (χ0v) is 14.8. The van der Waals surface area contributed by atoms with Gasteiger partial charge in [0.2, 0.25) is 0 Å². The maximum atomic E-state index is 10.4. The first-order chi connectivity index (χ1) is 11.6. The molecule has 0 saturated carbocycles. The summed E-state index contributed by atoms with van der Waals surface area (Å²) in [6.45, 7) is 5.10. The van der Waals surface area contributed by atoms with Crippen molar-refractivity contribution >= 4 is 11.3 Å². The fourth-order valence-electron chi connectivity index (χ4n) is 2.70. The quantitative estimate of drug-likeness (QED) is 0.805. The summed E-state index contributed by atoms with van der Waals surface area (Å²) in [5.74, 6) is 0.840. The number of benzene rings is 1. The maximum Gasteiger partial charge on any atom is 0.131 e. The Morgan fingerprint density at radius 1 is 1.29 bits per heavy atom. The van der Waals surface area contributed by atoms with Crippen LogP contribution < -0.4 is 10.1 Å². The number of nitrogens with zero attached hydrogens (tertiary/aromatic N) is 1. The lowest BCUT2D eigenvalue weighted by Crippen LogP contribution is -2.44. The number of thiazole rings is 1. The van der Waals surface area contributed by atoms with Crippen molar-refractivity contribution in [3.8, 4) is 5.75 Å². The molecule has 0 spiro atoms. The monoisotopic (exact) mass is 348 g/mol. The van der Waals surface area contributed by atoms with Gasteiger partial charge < -0.3 is 19.9 Å². The Kier molecular flexibility index (Phi) is 5.84. The molecule has 1 aliphatic heterocycles. The third kappa shape index (κ3) is 5.01. The van der Waals surface area contributed by atoms with Crippen LogP contribution in [0.1, 0.15) is 29.1 Å². The highest BCUT2D eigenvalue weighted by molar-refractivity contribution is 7.09. The minimum absolute atomic E-state index is 0.497. The zero-order valence-electron chi connectivity index (χ0n) is 14.0. The van der Waals surface area contributed by atoms with E-state index in [0.29, 0.717) is 39.2 Å². The van der Waals surface area contributed by atoms with Gasteiger partial charge in [-0.2, -0.15) is 0 Å². The summed E-state index contributed by atoms with van der Waals surface area (Å²) in [7, 11) is 0. The second-order valence-electron chi connectivity index (χ2n) is 6.23. The molecule has 0 amide bonds. The third-order valence-electron chi connectivity index (χ3n) is 4.18. The predicted octanol–water partition coefficient (Wildman–Crippen LogP) is 2.66. The van der Waals surface area contributed by atoms with E-state index in [9.17, 15) is 5.11 Å². The zero-order chi connectivity index (χ0) is 16.8. The van der Waals surface area contributed by atoms with Crippen molar-refractivity contribution in [1.29, 1.82) is 0 Å². The highest BCUT2D eigenvalue weighted by Crippen LogP contribution is 2.20. The average Bonchev–Trinajstić information content (AvgIpc) is 3.00. The Bertz CT molecular complexity index is 636. The molecule has 1 fully saturated rings. The van der Waals surface area contributed by atoms with Gasteiger partial charge in [0.25, 0.3) is 0 Å². The fraction of sp³-hybridized carbons (Fsp3) is 0.500. The molecule has 1 aliphatic rings. The van der Waals surface area contributed by atoms with Crippen molar-refractivity contribution in [2.75, 3.05) is 19.8 Å². The number of ether oxygens (including phenoxy) is 2. The minimum atomic E-state index is -0.632. The Hall–Kier alpha value is -1.47. The van der Waals surface area contributed by atoms with Crippen molar-refractivity contribution in [2.24, 2.45) is 0 Å². The van der Waals surface area contributed by atoms with Gasteiger partial charge in [-0.1, -0.05) is 12.1 Å². The number of aryl methyl sites for hydroxylation is 1. The molecule has 0 radical (unpaired) electrons. The largest absolute Gasteiger partial charge is 0.487 e. The van der Waals surface area contributed by atoms with E-state index in [0.717, 1.165) is 23.0 Å². The van der Waals surface area contributed by atoms with E-state index in [1.54, 1.807) is 11.3 Å². The first kappa shape index (κ1) is 17.4. The van der Waals surface area contributed by atoms with Crippen molar-refractivity contribution in [3.05, 3.63) is 45.9 Å². The molecular formula is C18H24N2O3S. The van der Waals surface area contributed by atoms with Crippen molar-refractivity contribution < 1.29 is 14.6 Å². The van der Waals surface area contributed by atoms with Crippen LogP contribution in [0.4, 0.5) is 0 Å². The van der Waals surface area contributed by atoms with Gasteiger partial charge in [0.1, 0.15) is 12.4 Å². The number of aromatic nitrogens is 1. The van der Waals surface area contributed by atoms with E-state index in [1.165, 1.54) is 5.56 Å². The van der Waals surface area contributed by atoms with E-state index in [2.05, 4.69) is 10.3 Å². The Morgan fingerprint density at radius 2 is 2.04 bits per heavy atom. The van der Waals surface area contributed by atoms with Crippen LogP contribution in [-0.4, -0.2) is 35.5 Å². The van der Waals surface area contributed by atoms with Crippen LogP contribution in [0, 0.1) is 6.92 Å². The van der Waals surface area contributed by atoms with Crippen LogP contribution in [0.15, 0.2) is 29.6 Å². The normalized spacial score (nSPS) is 16.9. The van der Waals surface area contributed by atoms with Crippen LogP contribution >= 0.6 is 11.3 Å². The average molecular weight is 348 g/mol. The van der Waals surface area contributed by atoms with Crippen LogP contribution in [0.3, 0.4) is 0 Å². The van der Waals surface area contributed by atoms with Gasteiger partial charge in [0, 0.05) is 44.5 Å². The maximum absolute atomic E-state index is 10.4. The van der Waals surface area contributed by atoms with Gasteiger partial charge in [-0.25, -0.2) is 4.98 Å². The molecule has 1 saturated heterocycles. The number of hydrogen-bond donors (Lipinski definition) is 2. The second kappa shape index (κ2) is 8.07. The SMILES string of the molecule is Cc1nc(COc2ccc(CNCC3(O)CCOCC3)cc2)cs1. The molecule has 130 valence electrons. The first-order valence-corrected chi connectivity index (χ1v) is 9.15. The van der Waals surface area contributed by atoms with Gasteiger partial charge in [-0.3, -0.25) is 0 Å². The molecular weight excluding hydrogens is 324 g/mol. The van der Waals surface area contributed by atoms with Gasteiger partial charge in [-0.15, -0.1) is 11.3 Å². The molecule has 5 nitrogen and oxygen atoms in total. The summed E-state index contributed by atoms with van der Waals surface area (Å²) in [5, 5.41) is 16.8. The lowest BCUT2D eigenvalue weighted by Gasteiger charge is -2.32. The standard InChI is InChI=1S/C18H24N2O3S/c1-14-20-16(12-24-14)11-23-17-4-2-15(3-5-17)10-19-13-18(21)6-8-22-9-7-18/h2-5,12,19,21H,6-11,13H2,1H3. The topological polar surface area (TPSA) is 63.6 Å². The lowest BCUT2D eigenvalue weighted by atomic mass is 9.94. The molecule has 2 N–H and O–H groups in total. The molecule has 0 aliphatic carbocycles. The highest BCUT2D eigenvalue weighted by Gasteiger charge is 2.28. The molecule has 6 heteroatoms. The summed E-state index contributed by atoms with van der Waals surface area (Å²) < 4.78 is 11.0. The van der Waals surface area contributed by atoms with Crippen LogP contribution in [0.5, 0.6) is 5.75 Å². The van der Waals surface area contributed by atoms with Gasteiger partial charge in [0.05, 0.1) is 16.3 Å². The molecule has 1 aromatic heterocycles. The molecule has 0 bridgehead atoms. The lowest BCUT2D eigenvalue weighted by molar-refractivity contribution is -0.0617. The predicted molar refractivity (Wildman–Crippen MR) is 94.3 cm³/mol. The van der Waals surface area contributed by atoms with Gasteiger partial charge in [0.15, 0.2) is 0 Å². The molecule has 2 heterocycles. The van der Waals surface area contributed by atoms with Crippen molar-refractivity contribution in [2.45, 2.75) is 38.5 Å². The summed E-state index contributed by atoms with van der Waals surface area (Å²) >= 11 is 1.63. The van der Waals surface area contributed by atoms with Crippen LogP contribution in [0.2, 0.25) is 0 Å². The van der Waals surface area contributed by atoms with Crippen LogP contribution in [-0.2, 0) is 17.9 Å². The minimum Gasteiger partial charge on any atom is -0.487 e. The molecule has 1 aromatic carbocycles. The molecule has 2 aromatic rings. The van der Waals surface area contributed by atoms with E-state index in [1.807, 2.05) is 36.6 Å². The first-order valence-electron chi connectivity index (χ1n) is 8.27. The highest BCUT2D eigenvalue weighted by atomic mass is 32.1. The number of aliphatic hydroxyl groups is 1. The molecule has 0 atom stereocenters. The number of nitrogens with one attached hydrogen (secondary N) is 1. The van der Waals surface area contributed by atoms with E-state index >= 15 is 0 Å². The third-order valence-corrected chi connectivity index (χ3v) is 5.01. The number of rotatable bonds is 7. The van der Waals surface area contributed by atoms with E-state index < -0.39 is 5.60 Å². The van der Waals surface area contributed by atoms with Crippen molar-refractivity contribution in [1.82, 2.24) is 10.3 Å². The van der Waals surface area contributed by atoms with Gasteiger partial charge >= 0.3 is 0 Å². The molecule has 24 heavy (non-hydrogen) atoms. The van der Waals surface area contributed by atoms with E-state index in [4.69, 9.17) is 9.47 Å². The van der Waals surface area contributed by atoms with E-state index in [-0.39, 0.29) is 0 Å². The Labute approximate surface area is 146 Å². The second-order valence-corrected chi connectivity index (χ2v) is 7.29. The fourth-order valence-corrected chi connectivity index (χ4v) is 3.30. The summed E-state index contributed by atoms with van der Waals surface area (Å²) in [4.78, 5) is 4.39. The summed E-state index contributed by atoms with van der Waals surface area (Å²) in [6, 6.07) is 8.03. The molecule has 3 rings (SSSR count). The van der Waals surface area contributed by atoms with Gasteiger partial charge in [-0.05, 0) is 24.6 Å². The van der Waals surface area contributed by atoms with Crippen LogP contribution in [0.25, 0.3) is 0 Å². The number of hydrogen-bond acceptors (Lipinski definition) is 6. The summed E-state index contributed by atoms with van der Waals surface area (Å²) in [6.07, 6.45) is 1.39.